The molecule has 1 amide bonds. The van der Waals surface area contributed by atoms with E-state index in [4.69, 9.17) is 18.8 Å². The van der Waals surface area contributed by atoms with Crippen molar-refractivity contribution in [2.75, 3.05) is 6.61 Å². The fourth-order valence-corrected chi connectivity index (χ4v) is 3.73. The van der Waals surface area contributed by atoms with Gasteiger partial charge in [-0.2, -0.15) is 10.4 Å². The molecule has 1 aliphatic rings. The van der Waals surface area contributed by atoms with Gasteiger partial charge in [0.2, 0.25) is 0 Å². The number of hydrogen-bond acceptors (Lipinski definition) is 6. The third-order valence-corrected chi connectivity index (χ3v) is 5.41. The summed E-state index contributed by atoms with van der Waals surface area (Å²) in [5.41, 5.74) is 3.28. The molecule has 7 heteroatoms. The van der Waals surface area contributed by atoms with Crippen molar-refractivity contribution in [2.24, 2.45) is 5.10 Å². The van der Waals surface area contributed by atoms with Gasteiger partial charge in [0.1, 0.15) is 29.0 Å². The molecule has 3 heterocycles. The molecular weight excluding hydrogens is 418 g/mol. The maximum absolute atomic E-state index is 13.0. The van der Waals surface area contributed by atoms with Crippen LogP contribution in [-0.2, 0) is 4.79 Å². The number of ether oxygens (including phenoxy) is 1. The summed E-state index contributed by atoms with van der Waals surface area (Å²) < 4.78 is 16.7. The highest BCUT2D eigenvalue weighted by atomic mass is 16.5. The quantitative estimate of drug-likeness (QED) is 0.415. The van der Waals surface area contributed by atoms with Crippen molar-refractivity contribution in [1.82, 2.24) is 5.01 Å². The molecular formula is C26H19N3O4. The van der Waals surface area contributed by atoms with E-state index in [1.54, 1.807) is 36.8 Å². The number of hydrazone groups is 1. The van der Waals surface area contributed by atoms with Crippen LogP contribution in [0.25, 0.3) is 11.1 Å². The Labute approximate surface area is 190 Å². The molecule has 0 spiro atoms. The fraction of sp³-hybridized carbons (Fsp3) is 0.115. The molecule has 0 N–H and O–H groups in total. The van der Waals surface area contributed by atoms with Gasteiger partial charge in [0.05, 0.1) is 24.2 Å². The monoisotopic (exact) mass is 437 g/mol. The van der Waals surface area contributed by atoms with Crippen LogP contribution >= 0.6 is 0 Å². The van der Waals surface area contributed by atoms with E-state index in [-0.39, 0.29) is 18.6 Å². The summed E-state index contributed by atoms with van der Waals surface area (Å²) >= 11 is 0. The molecule has 0 radical (unpaired) electrons. The van der Waals surface area contributed by atoms with Crippen LogP contribution in [0.4, 0.5) is 0 Å². The molecule has 0 saturated heterocycles. The molecule has 2 aromatic heterocycles. The van der Waals surface area contributed by atoms with Crippen molar-refractivity contribution in [1.29, 1.82) is 5.26 Å². The SMILES string of the molecule is N#Cc1ccc(-c2ccc(OCC(=O)N3N=C(c4ccco4)CC3c3ccco3)cc2)cc1. The summed E-state index contributed by atoms with van der Waals surface area (Å²) in [6, 6.07) is 23.8. The van der Waals surface area contributed by atoms with Crippen molar-refractivity contribution >= 4 is 11.6 Å². The molecule has 1 aliphatic heterocycles. The summed E-state index contributed by atoms with van der Waals surface area (Å²) in [6.45, 7) is -0.164. The van der Waals surface area contributed by atoms with Crippen molar-refractivity contribution < 1.29 is 18.4 Å². The van der Waals surface area contributed by atoms with Crippen molar-refractivity contribution in [3.63, 3.8) is 0 Å². The number of benzene rings is 2. The van der Waals surface area contributed by atoms with Gasteiger partial charge in [-0.05, 0) is 59.7 Å². The number of rotatable bonds is 6. The first-order valence-electron chi connectivity index (χ1n) is 10.4. The van der Waals surface area contributed by atoms with Gasteiger partial charge >= 0.3 is 0 Å². The molecule has 33 heavy (non-hydrogen) atoms. The summed E-state index contributed by atoms with van der Waals surface area (Å²) in [7, 11) is 0. The van der Waals surface area contributed by atoms with E-state index >= 15 is 0 Å². The smallest absolute Gasteiger partial charge is 0.281 e. The van der Waals surface area contributed by atoms with Crippen LogP contribution in [0.2, 0.25) is 0 Å². The topological polar surface area (TPSA) is 92.0 Å². The normalized spacial score (nSPS) is 15.2. The van der Waals surface area contributed by atoms with Crippen LogP contribution in [0.5, 0.6) is 5.75 Å². The Bertz CT molecular complexity index is 1300. The number of amides is 1. The maximum atomic E-state index is 13.0. The number of hydrogen-bond donors (Lipinski definition) is 0. The molecule has 0 saturated carbocycles. The Kier molecular flexibility index (Phi) is 5.48. The van der Waals surface area contributed by atoms with E-state index in [1.165, 1.54) is 5.01 Å². The zero-order valence-corrected chi connectivity index (χ0v) is 17.5. The van der Waals surface area contributed by atoms with Gasteiger partial charge in [-0.25, -0.2) is 5.01 Å². The molecule has 0 fully saturated rings. The predicted octanol–water partition coefficient (Wildman–Crippen LogP) is 5.17. The standard InChI is InChI=1S/C26H19N3O4/c27-16-18-5-7-19(8-6-18)20-9-11-21(12-10-20)33-17-26(30)29-23(25-4-2-14-32-25)15-22(28-29)24-3-1-13-31-24/h1-14,23H,15,17H2. The second kappa shape index (κ2) is 8.89. The Morgan fingerprint density at radius 1 is 1.00 bits per heavy atom. The Morgan fingerprint density at radius 2 is 1.70 bits per heavy atom. The second-order valence-electron chi connectivity index (χ2n) is 7.50. The first-order chi connectivity index (χ1) is 16.2. The van der Waals surface area contributed by atoms with Crippen LogP contribution in [-0.4, -0.2) is 23.2 Å². The van der Waals surface area contributed by atoms with E-state index in [9.17, 15) is 4.79 Å². The van der Waals surface area contributed by atoms with Crippen LogP contribution in [0, 0.1) is 11.3 Å². The molecule has 162 valence electrons. The minimum absolute atomic E-state index is 0.164. The van der Waals surface area contributed by atoms with Gasteiger partial charge in [-0.3, -0.25) is 4.79 Å². The molecule has 0 bridgehead atoms. The summed E-state index contributed by atoms with van der Waals surface area (Å²) in [4.78, 5) is 13.0. The maximum Gasteiger partial charge on any atom is 0.281 e. The van der Waals surface area contributed by atoms with E-state index < -0.39 is 0 Å². The molecule has 4 aromatic rings. The van der Waals surface area contributed by atoms with Gasteiger partial charge in [-0.1, -0.05) is 24.3 Å². The molecule has 7 nitrogen and oxygen atoms in total. The van der Waals surface area contributed by atoms with Gasteiger partial charge in [0.15, 0.2) is 6.61 Å². The lowest BCUT2D eigenvalue weighted by Gasteiger charge is -2.20. The van der Waals surface area contributed by atoms with Crippen LogP contribution in [0.1, 0.15) is 29.5 Å². The number of nitriles is 1. The fourth-order valence-electron chi connectivity index (χ4n) is 3.73. The summed E-state index contributed by atoms with van der Waals surface area (Å²) in [5, 5.41) is 14.8. The van der Waals surface area contributed by atoms with Crippen molar-refractivity contribution in [3.05, 3.63) is 102 Å². The molecule has 5 rings (SSSR count). The zero-order chi connectivity index (χ0) is 22.6. The highest BCUT2D eigenvalue weighted by molar-refractivity contribution is 6.01. The minimum atomic E-state index is -0.352. The Balaban J connectivity index is 1.27. The van der Waals surface area contributed by atoms with E-state index in [2.05, 4.69) is 11.2 Å². The second-order valence-corrected chi connectivity index (χ2v) is 7.50. The molecule has 0 aliphatic carbocycles. The molecule has 1 atom stereocenters. The van der Waals surface area contributed by atoms with Crippen LogP contribution < -0.4 is 4.74 Å². The average Bonchev–Trinajstić information content (AvgIpc) is 3.63. The zero-order valence-electron chi connectivity index (χ0n) is 17.5. The summed E-state index contributed by atoms with van der Waals surface area (Å²) in [5.74, 6) is 1.57. The highest BCUT2D eigenvalue weighted by Crippen LogP contribution is 2.33. The van der Waals surface area contributed by atoms with E-state index in [1.807, 2.05) is 48.5 Å². The Morgan fingerprint density at radius 3 is 2.33 bits per heavy atom. The molecule has 2 aromatic carbocycles. The van der Waals surface area contributed by atoms with Gasteiger partial charge in [-0.15, -0.1) is 0 Å². The van der Waals surface area contributed by atoms with Crippen LogP contribution in [0.15, 0.2) is 99.3 Å². The van der Waals surface area contributed by atoms with E-state index in [0.29, 0.717) is 35.0 Å². The lowest BCUT2D eigenvalue weighted by molar-refractivity contribution is -0.135. The van der Waals surface area contributed by atoms with Crippen molar-refractivity contribution in [2.45, 2.75) is 12.5 Å². The van der Waals surface area contributed by atoms with E-state index in [0.717, 1.165) is 11.1 Å². The van der Waals surface area contributed by atoms with Crippen LogP contribution in [0.3, 0.4) is 0 Å². The first kappa shape index (κ1) is 20.3. The number of nitrogens with zero attached hydrogens (tertiary/aromatic N) is 3. The summed E-state index contributed by atoms with van der Waals surface area (Å²) in [6.07, 6.45) is 3.65. The number of carbonyl (C=O) groups is 1. The van der Waals surface area contributed by atoms with Crippen molar-refractivity contribution in [3.8, 4) is 22.9 Å². The minimum Gasteiger partial charge on any atom is -0.484 e. The number of furan rings is 2. The third kappa shape index (κ3) is 4.27. The highest BCUT2D eigenvalue weighted by Gasteiger charge is 2.35. The molecule has 1 unspecified atom stereocenters. The van der Waals surface area contributed by atoms with Gasteiger partial charge in [0.25, 0.3) is 5.91 Å². The largest absolute Gasteiger partial charge is 0.484 e. The lowest BCUT2D eigenvalue weighted by atomic mass is 10.0. The predicted molar refractivity (Wildman–Crippen MR) is 120 cm³/mol. The average molecular weight is 437 g/mol. The van der Waals surface area contributed by atoms with Gasteiger partial charge < -0.3 is 13.6 Å². The number of carbonyl (C=O) groups excluding carboxylic acids is 1. The third-order valence-electron chi connectivity index (χ3n) is 5.41. The first-order valence-corrected chi connectivity index (χ1v) is 10.4. The lowest BCUT2D eigenvalue weighted by Crippen LogP contribution is -2.31. The Hall–Kier alpha value is -4.57. The van der Waals surface area contributed by atoms with Gasteiger partial charge in [0, 0.05) is 6.42 Å².